The summed E-state index contributed by atoms with van der Waals surface area (Å²) >= 11 is 14.7. The second-order valence-corrected chi connectivity index (χ2v) is 5.72. The van der Waals surface area contributed by atoms with Gasteiger partial charge in [-0.2, -0.15) is 0 Å². The van der Waals surface area contributed by atoms with E-state index < -0.39 is 0 Å². The van der Waals surface area contributed by atoms with Gasteiger partial charge < -0.3 is 10.6 Å². The normalized spacial score (nSPS) is 10.2. The minimum atomic E-state index is 0.463. The van der Waals surface area contributed by atoms with Gasteiger partial charge in [-0.05, 0) is 52.8 Å². The van der Waals surface area contributed by atoms with E-state index in [1.54, 1.807) is 18.5 Å². The molecule has 2 aromatic rings. The summed E-state index contributed by atoms with van der Waals surface area (Å²) < 4.78 is 0.863. The van der Waals surface area contributed by atoms with E-state index >= 15 is 0 Å². The molecule has 0 saturated carbocycles. The predicted molar refractivity (Wildman–Crippen MR) is 89.0 cm³/mol. The first-order valence-corrected chi connectivity index (χ1v) is 7.40. The summed E-state index contributed by atoms with van der Waals surface area (Å²) in [4.78, 5) is 8.38. The zero-order chi connectivity index (χ0) is 14.5. The summed E-state index contributed by atoms with van der Waals surface area (Å²) in [6.45, 7) is 2.48. The first-order valence-electron chi connectivity index (χ1n) is 5.82. The number of rotatable bonds is 3. The molecular weight excluding hydrogens is 360 g/mol. The van der Waals surface area contributed by atoms with Crippen molar-refractivity contribution in [1.82, 2.24) is 15.3 Å². The molecule has 4 nitrogen and oxygen atoms in total. The molecule has 2 rings (SSSR count). The average molecular weight is 372 g/mol. The number of nitrogens with zero attached hydrogens (tertiary/aromatic N) is 2. The van der Waals surface area contributed by atoms with Gasteiger partial charge in [-0.15, -0.1) is 0 Å². The van der Waals surface area contributed by atoms with E-state index in [1.165, 1.54) is 0 Å². The van der Waals surface area contributed by atoms with Gasteiger partial charge >= 0.3 is 0 Å². The molecule has 0 aliphatic rings. The maximum atomic E-state index is 6.11. The summed E-state index contributed by atoms with van der Waals surface area (Å²) in [5, 5.41) is 7.03. The Labute approximate surface area is 136 Å². The lowest BCUT2D eigenvalue weighted by atomic mass is 10.3. The maximum absolute atomic E-state index is 6.11. The lowest BCUT2D eigenvalue weighted by Gasteiger charge is -2.12. The molecule has 0 aromatic carbocycles. The van der Waals surface area contributed by atoms with E-state index in [0.717, 1.165) is 15.7 Å². The monoisotopic (exact) mass is 370 g/mol. The zero-order valence-corrected chi connectivity index (χ0v) is 13.8. The second-order valence-electron chi connectivity index (χ2n) is 4.05. The molecule has 0 fully saturated rings. The van der Waals surface area contributed by atoms with E-state index in [9.17, 15) is 0 Å². The number of hydrogen-bond donors (Lipinski definition) is 2. The second kappa shape index (κ2) is 6.97. The molecule has 0 amide bonds. The van der Waals surface area contributed by atoms with Crippen LogP contribution in [0.3, 0.4) is 0 Å². The van der Waals surface area contributed by atoms with Gasteiger partial charge in [0.05, 0.1) is 10.7 Å². The number of aromatic nitrogens is 2. The molecule has 0 bridgehead atoms. The van der Waals surface area contributed by atoms with E-state index in [1.807, 2.05) is 19.1 Å². The van der Waals surface area contributed by atoms with Gasteiger partial charge in [-0.25, -0.2) is 4.98 Å². The number of aryl methyl sites for hydroxylation is 1. The van der Waals surface area contributed by atoms with Gasteiger partial charge in [0.15, 0.2) is 10.9 Å². The molecule has 0 aliphatic carbocycles. The van der Waals surface area contributed by atoms with Crippen LogP contribution in [-0.4, -0.2) is 15.1 Å². The third-order valence-electron chi connectivity index (χ3n) is 2.51. The fourth-order valence-corrected chi connectivity index (χ4v) is 2.30. The van der Waals surface area contributed by atoms with Gasteiger partial charge in [0.25, 0.3) is 0 Å². The van der Waals surface area contributed by atoms with E-state index in [-0.39, 0.29) is 0 Å². The highest BCUT2D eigenvalue weighted by Crippen LogP contribution is 2.25. The topological polar surface area (TPSA) is 49.8 Å². The highest BCUT2D eigenvalue weighted by atomic mass is 79.9. The highest BCUT2D eigenvalue weighted by molar-refractivity contribution is 9.10. The Bertz CT molecular complexity index is 621. The quantitative estimate of drug-likeness (QED) is 0.806. The molecule has 0 unspecified atom stereocenters. The van der Waals surface area contributed by atoms with Crippen LogP contribution in [0, 0.1) is 6.92 Å². The zero-order valence-electron chi connectivity index (χ0n) is 10.7. The SMILES string of the molecule is Cc1nc(NC(=S)NCc2cccnc2)c(Cl)cc1Br. The number of anilines is 1. The first kappa shape index (κ1) is 15.2. The van der Waals surface area contributed by atoms with Crippen molar-refractivity contribution in [3.63, 3.8) is 0 Å². The summed E-state index contributed by atoms with van der Waals surface area (Å²) in [6, 6.07) is 5.64. The van der Waals surface area contributed by atoms with Crippen molar-refractivity contribution in [2.45, 2.75) is 13.5 Å². The minimum absolute atomic E-state index is 0.463. The van der Waals surface area contributed by atoms with Crippen LogP contribution in [0.2, 0.25) is 5.02 Å². The number of hydrogen-bond acceptors (Lipinski definition) is 3. The highest BCUT2D eigenvalue weighted by Gasteiger charge is 2.07. The average Bonchev–Trinajstić information content (AvgIpc) is 2.44. The van der Waals surface area contributed by atoms with Crippen molar-refractivity contribution in [3.8, 4) is 0 Å². The van der Waals surface area contributed by atoms with Crippen LogP contribution in [0.1, 0.15) is 11.3 Å². The number of thiocarbonyl (C=S) groups is 1. The molecule has 104 valence electrons. The van der Waals surface area contributed by atoms with E-state index in [2.05, 4.69) is 36.5 Å². The van der Waals surface area contributed by atoms with Crippen LogP contribution >= 0.6 is 39.7 Å². The van der Waals surface area contributed by atoms with Gasteiger partial charge in [0.1, 0.15) is 0 Å². The summed E-state index contributed by atoms with van der Waals surface area (Å²) in [5.74, 6) is 0.538. The molecule has 7 heteroatoms. The van der Waals surface area contributed by atoms with E-state index in [4.69, 9.17) is 23.8 Å². The Morgan fingerprint density at radius 2 is 2.30 bits per heavy atom. The largest absolute Gasteiger partial charge is 0.358 e. The van der Waals surface area contributed by atoms with Gasteiger partial charge in [-0.3, -0.25) is 4.98 Å². The van der Waals surface area contributed by atoms with E-state index in [0.29, 0.717) is 22.5 Å². The van der Waals surface area contributed by atoms with Crippen LogP contribution in [-0.2, 0) is 6.54 Å². The van der Waals surface area contributed by atoms with Crippen molar-refractivity contribution in [2.75, 3.05) is 5.32 Å². The number of pyridine rings is 2. The van der Waals surface area contributed by atoms with Crippen molar-refractivity contribution < 1.29 is 0 Å². The molecule has 0 saturated heterocycles. The lowest BCUT2D eigenvalue weighted by molar-refractivity contribution is 0.915. The molecule has 20 heavy (non-hydrogen) atoms. The Kier molecular flexibility index (Phi) is 5.28. The predicted octanol–water partition coefficient (Wildman–Crippen LogP) is 3.69. The van der Waals surface area contributed by atoms with Gasteiger partial charge in [0, 0.05) is 23.4 Å². The number of nitrogens with one attached hydrogen (secondary N) is 2. The number of halogens is 2. The Hall–Kier alpha value is -1.24. The Balaban J connectivity index is 1.97. The third-order valence-corrected chi connectivity index (χ3v) is 3.85. The third kappa shape index (κ3) is 4.13. The minimum Gasteiger partial charge on any atom is -0.358 e. The van der Waals surface area contributed by atoms with Crippen LogP contribution in [0.15, 0.2) is 35.1 Å². The van der Waals surface area contributed by atoms with Gasteiger partial charge in [0.2, 0.25) is 0 Å². The van der Waals surface area contributed by atoms with Crippen LogP contribution in [0.25, 0.3) is 0 Å². The molecule has 0 radical (unpaired) electrons. The maximum Gasteiger partial charge on any atom is 0.172 e. The fourth-order valence-electron chi connectivity index (χ4n) is 1.48. The van der Waals surface area contributed by atoms with Crippen LogP contribution in [0.4, 0.5) is 5.82 Å². The first-order chi connectivity index (χ1) is 9.56. The summed E-state index contributed by atoms with van der Waals surface area (Å²) in [5.41, 5.74) is 1.88. The molecule has 2 aromatic heterocycles. The van der Waals surface area contributed by atoms with Crippen LogP contribution < -0.4 is 10.6 Å². The standard InChI is InChI=1S/C13H12BrClN4S/c1-8-10(14)5-11(15)12(18-8)19-13(20)17-7-9-3-2-4-16-6-9/h2-6H,7H2,1H3,(H2,17,18,19,20). The molecule has 0 spiro atoms. The molecular formula is C13H12BrClN4S. The van der Waals surface area contributed by atoms with Crippen molar-refractivity contribution >= 4 is 50.7 Å². The fraction of sp³-hybridized carbons (Fsp3) is 0.154. The molecule has 2 N–H and O–H groups in total. The molecule has 0 atom stereocenters. The lowest BCUT2D eigenvalue weighted by Crippen LogP contribution is -2.28. The van der Waals surface area contributed by atoms with Crippen LogP contribution in [0.5, 0.6) is 0 Å². The smallest absolute Gasteiger partial charge is 0.172 e. The van der Waals surface area contributed by atoms with Crippen molar-refractivity contribution in [2.24, 2.45) is 0 Å². The van der Waals surface area contributed by atoms with Crippen molar-refractivity contribution in [3.05, 3.63) is 51.3 Å². The molecule has 2 heterocycles. The summed E-state index contributed by atoms with van der Waals surface area (Å²) in [7, 11) is 0. The summed E-state index contributed by atoms with van der Waals surface area (Å²) in [6.07, 6.45) is 3.51. The van der Waals surface area contributed by atoms with Crippen molar-refractivity contribution in [1.29, 1.82) is 0 Å². The Morgan fingerprint density at radius 1 is 1.50 bits per heavy atom. The van der Waals surface area contributed by atoms with Gasteiger partial charge in [-0.1, -0.05) is 17.7 Å². The molecule has 0 aliphatic heterocycles. The Morgan fingerprint density at radius 3 is 3.00 bits per heavy atom.